The van der Waals surface area contributed by atoms with Crippen molar-refractivity contribution in [2.45, 2.75) is 19.8 Å². The molecule has 1 aromatic rings. The van der Waals surface area contributed by atoms with Gasteiger partial charge in [-0.3, -0.25) is 0 Å². The summed E-state index contributed by atoms with van der Waals surface area (Å²) in [6, 6.07) is 1.80. The molecule has 0 aromatic carbocycles. The number of aromatic nitrogens is 1. The van der Waals surface area contributed by atoms with Gasteiger partial charge in [0.25, 0.3) is 5.92 Å². The van der Waals surface area contributed by atoms with E-state index in [1.807, 2.05) is 6.92 Å². The molecule has 0 fully saturated rings. The molecule has 0 aliphatic carbocycles. The molecule has 0 saturated heterocycles. The van der Waals surface area contributed by atoms with Gasteiger partial charge in [0.2, 0.25) is 0 Å². The van der Waals surface area contributed by atoms with Crippen molar-refractivity contribution in [1.29, 1.82) is 0 Å². The van der Waals surface area contributed by atoms with Crippen LogP contribution in [0.15, 0.2) is 16.7 Å². The highest BCUT2D eigenvalue weighted by atomic mass is 79.9. The number of rotatable bonds is 3. The van der Waals surface area contributed by atoms with Crippen molar-refractivity contribution in [1.82, 2.24) is 4.98 Å². The van der Waals surface area contributed by atoms with E-state index in [4.69, 9.17) is 0 Å². The van der Waals surface area contributed by atoms with Crippen LogP contribution in [-0.4, -0.2) is 17.5 Å². The summed E-state index contributed by atoms with van der Waals surface area (Å²) in [4.78, 5) is 3.95. The third-order valence-corrected chi connectivity index (χ3v) is 2.65. The lowest BCUT2D eigenvalue weighted by Gasteiger charge is -2.13. The molecule has 2 nitrogen and oxygen atoms in total. The maximum absolute atomic E-state index is 12.5. The van der Waals surface area contributed by atoms with Crippen LogP contribution in [0.5, 0.6) is 0 Å². The number of alkyl halides is 2. The zero-order chi connectivity index (χ0) is 10.8. The van der Waals surface area contributed by atoms with Gasteiger partial charge in [-0.15, -0.1) is 0 Å². The topological polar surface area (TPSA) is 24.9 Å². The van der Waals surface area contributed by atoms with Crippen molar-refractivity contribution in [3.8, 4) is 0 Å². The third kappa shape index (κ3) is 3.21. The molecular weight excluding hydrogens is 254 g/mol. The van der Waals surface area contributed by atoms with Gasteiger partial charge in [0.05, 0.1) is 11.0 Å². The second-order valence-electron chi connectivity index (χ2n) is 3.21. The van der Waals surface area contributed by atoms with Crippen LogP contribution in [-0.2, 0) is 0 Å². The molecule has 78 valence electrons. The number of nitrogens with one attached hydrogen (secondary N) is 1. The summed E-state index contributed by atoms with van der Waals surface area (Å²) in [5.74, 6) is -2.28. The predicted octanol–water partition coefficient (Wildman–Crippen LogP) is 3.22. The highest BCUT2D eigenvalue weighted by Crippen LogP contribution is 2.24. The molecular formula is C9H11BrF2N2. The first kappa shape index (κ1) is 11.4. The Labute approximate surface area is 89.9 Å². The van der Waals surface area contributed by atoms with Crippen LogP contribution in [0.2, 0.25) is 0 Å². The highest BCUT2D eigenvalue weighted by molar-refractivity contribution is 9.10. The van der Waals surface area contributed by atoms with Gasteiger partial charge in [-0.05, 0) is 34.5 Å². The molecule has 0 aliphatic rings. The van der Waals surface area contributed by atoms with Crippen LogP contribution in [0, 0.1) is 6.92 Å². The van der Waals surface area contributed by atoms with Gasteiger partial charge in [-0.2, -0.15) is 0 Å². The van der Waals surface area contributed by atoms with Gasteiger partial charge in [-0.25, -0.2) is 13.8 Å². The summed E-state index contributed by atoms with van der Waals surface area (Å²) < 4.78 is 25.8. The Morgan fingerprint density at radius 1 is 1.57 bits per heavy atom. The van der Waals surface area contributed by atoms with Crippen LogP contribution in [0.3, 0.4) is 0 Å². The highest BCUT2D eigenvalue weighted by Gasteiger charge is 2.21. The van der Waals surface area contributed by atoms with Crippen LogP contribution < -0.4 is 5.32 Å². The van der Waals surface area contributed by atoms with Crippen molar-refractivity contribution in [2.24, 2.45) is 0 Å². The Kier molecular flexibility index (Phi) is 3.42. The maximum atomic E-state index is 12.5. The lowest BCUT2D eigenvalue weighted by Crippen LogP contribution is -2.23. The van der Waals surface area contributed by atoms with Crippen molar-refractivity contribution < 1.29 is 8.78 Å². The molecule has 0 saturated carbocycles. The molecule has 0 amide bonds. The van der Waals surface area contributed by atoms with Crippen molar-refractivity contribution in [3.63, 3.8) is 0 Å². The molecule has 0 spiro atoms. The minimum absolute atomic E-state index is 0.415. The quantitative estimate of drug-likeness (QED) is 0.907. The molecule has 1 aromatic heterocycles. The number of anilines is 1. The first-order valence-corrected chi connectivity index (χ1v) is 4.92. The molecule has 0 unspecified atom stereocenters. The van der Waals surface area contributed by atoms with Gasteiger partial charge in [-0.1, -0.05) is 0 Å². The van der Waals surface area contributed by atoms with E-state index < -0.39 is 12.5 Å². The molecule has 0 atom stereocenters. The first-order valence-electron chi connectivity index (χ1n) is 4.13. The minimum Gasteiger partial charge on any atom is -0.363 e. The number of aryl methyl sites for hydroxylation is 1. The molecule has 0 radical (unpaired) electrons. The lowest BCUT2D eigenvalue weighted by atomic mass is 10.3. The fourth-order valence-electron chi connectivity index (χ4n) is 0.902. The van der Waals surface area contributed by atoms with Gasteiger partial charge < -0.3 is 5.32 Å². The fraction of sp³-hybridized carbons (Fsp3) is 0.444. The Hall–Kier alpha value is -0.710. The number of hydrogen-bond donors (Lipinski definition) is 1. The number of pyridine rings is 1. The molecule has 0 aliphatic heterocycles. The van der Waals surface area contributed by atoms with Gasteiger partial charge in [0.15, 0.2) is 0 Å². The SMILES string of the molecule is Cc1ccnc(NCC(C)(F)F)c1Br. The molecule has 14 heavy (non-hydrogen) atoms. The van der Waals surface area contributed by atoms with Crippen LogP contribution in [0.4, 0.5) is 14.6 Å². The summed E-state index contributed by atoms with van der Waals surface area (Å²) in [7, 11) is 0. The van der Waals surface area contributed by atoms with E-state index in [9.17, 15) is 8.78 Å². The predicted molar refractivity (Wildman–Crippen MR) is 55.8 cm³/mol. The van der Waals surface area contributed by atoms with E-state index >= 15 is 0 Å². The van der Waals surface area contributed by atoms with E-state index in [0.29, 0.717) is 5.82 Å². The van der Waals surface area contributed by atoms with Crippen molar-refractivity contribution in [2.75, 3.05) is 11.9 Å². The van der Waals surface area contributed by atoms with Crippen LogP contribution in [0.25, 0.3) is 0 Å². The second kappa shape index (κ2) is 4.21. The molecule has 1 rings (SSSR count). The fourth-order valence-corrected chi connectivity index (χ4v) is 1.28. The van der Waals surface area contributed by atoms with Crippen LogP contribution in [0.1, 0.15) is 12.5 Å². The van der Waals surface area contributed by atoms with E-state index in [1.54, 1.807) is 12.3 Å². The summed E-state index contributed by atoms with van der Waals surface area (Å²) >= 11 is 3.28. The standard InChI is InChI=1S/C9H11BrF2N2/c1-6-3-4-13-8(7(6)10)14-5-9(2,11)12/h3-4H,5H2,1-2H3,(H,13,14). The summed E-state index contributed by atoms with van der Waals surface area (Å²) in [6.07, 6.45) is 1.58. The average Bonchev–Trinajstić information content (AvgIpc) is 2.06. The van der Waals surface area contributed by atoms with E-state index in [-0.39, 0.29) is 0 Å². The molecule has 5 heteroatoms. The summed E-state index contributed by atoms with van der Waals surface area (Å²) in [6.45, 7) is 2.33. The third-order valence-electron chi connectivity index (χ3n) is 1.65. The van der Waals surface area contributed by atoms with Crippen molar-refractivity contribution >= 4 is 21.7 Å². The van der Waals surface area contributed by atoms with E-state index in [2.05, 4.69) is 26.2 Å². The minimum atomic E-state index is -2.73. The van der Waals surface area contributed by atoms with Gasteiger partial charge in [0.1, 0.15) is 5.82 Å². The van der Waals surface area contributed by atoms with E-state index in [1.165, 1.54) is 0 Å². The zero-order valence-electron chi connectivity index (χ0n) is 7.94. The lowest BCUT2D eigenvalue weighted by molar-refractivity contribution is 0.0367. The summed E-state index contributed by atoms with van der Waals surface area (Å²) in [5, 5.41) is 2.59. The number of nitrogens with zero attached hydrogens (tertiary/aromatic N) is 1. The van der Waals surface area contributed by atoms with E-state index in [0.717, 1.165) is 17.0 Å². The molecule has 1 heterocycles. The number of halogens is 3. The monoisotopic (exact) mass is 264 g/mol. The summed E-state index contributed by atoms with van der Waals surface area (Å²) in [5.41, 5.74) is 0.960. The average molecular weight is 265 g/mol. The normalized spacial score (nSPS) is 11.5. The largest absolute Gasteiger partial charge is 0.363 e. The van der Waals surface area contributed by atoms with Crippen molar-refractivity contribution in [3.05, 3.63) is 22.3 Å². The smallest absolute Gasteiger partial charge is 0.262 e. The Balaban J connectivity index is 2.73. The Morgan fingerprint density at radius 3 is 2.79 bits per heavy atom. The number of hydrogen-bond acceptors (Lipinski definition) is 2. The maximum Gasteiger partial charge on any atom is 0.262 e. The van der Waals surface area contributed by atoms with Crippen LogP contribution >= 0.6 is 15.9 Å². The first-order chi connectivity index (χ1) is 6.40. The van der Waals surface area contributed by atoms with Gasteiger partial charge in [0, 0.05) is 13.1 Å². The van der Waals surface area contributed by atoms with Gasteiger partial charge >= 0.3 is 0 Å². The Bertz CT molecular complexity index is 323. The Morgan fingerprint density at radius 2 is 2.21 bits per heavy atom. The molecule has 0 bridgehead atoms. The zero-order valence-corrected chi connectivity index (χ0v) is 9.53. The molecule has 1 N–H and O–H groups in total. The second-order valence-corrected chi connectivity index (χ2v) is 4.01.